The van der Waals surface area contributed by atoms with Crippen molar-refractivity contribution in [1.82, 2.24) is 0 Å². The maximum absolute atomic E-state index is 13.2. The number of carbonyl (C=O) groups excluding carboxylic acids is 1. The summed E-state index contributed by atoms with van der Waals surface area (Å²) in [5.41, 5.74) is 2.16. The van der Waals surface area contributed by atoms with Gasteiger partial charge in [0.2, 0.25) is 15.7 Å². The maximum atomic E-state index is 13.2. The molecule has 4 rings (SSSR count). The smallest absolute Gasteiger partial charge is 0.225 e. The number of hydrogen-bond donors (Lipinski definition) is 1. The molecule has 1 N–H and O–H groups in total. The van der Waals surface area contributed by atoms with Crippen LogP contribution in [0.15, 0.2) is 63.7 Å². The van der Waals surface area contributed by atoms with E-state index in [0.717, 1.165) is 16.0 Å². The first-order valence-corrected chi connectivity index (χ1v) is 11.7. The van der Waals surface area contributed by atoms with E-state index in [1.807, 2.05) is 25.1 Å². The Morgan fingerprint density at radius 1 is 1.23 bits per heavy atom. The van der Waals surface area contributed by atoms with Crippen molar-refractivity contribution in [3.63, 3.8) is 0 Å². The van der Waals surface area contributed by atoms with E-state index in [-0.39, 0.29) is 34.6 Å². The van der Waals surface area contributed by atoms with E-state index in [2.05, 4.69) is 11.2 Å². The van der Waals surface area contributed by atoms with Crippen LogP contribution in [0.4, 0.5) is 5.69 Å². The molecule has 2 aromatic carbocycles. The number of amides is 1. The minimum Gasteiger partial charge on any atom is -0.481 e. The molecule has 7 heteroatoms. The monoisotopic (exact) mass is 437 g/mol. The molecule has 0 bridgehead atoms. The molecule has 2 heterocycles. The van der Waals surface area contributed by atoms with Crippen LogP contribution in [0.2, 0.25) is 0 Å². The van der Waals surface area contributed by atoms with Crippen LogP contribution >= 0.6 is 11.3 Å². The second kappa shape index (κ2) is 7.98. The first kappa shape index (κ1) is 20.2. The van der Waals surface area contributed by atoms with Gasteiger partial charge in [-0.05, 0) is 42.3 Å². The van der Waals surface area contributed by atoms with Crippen molar-refractivity contribution >= 4 is 32.8 Å². The highest BCUT2D eigenvalue weighted by atomic mass is 32.2. The number of benzene rings is 2. The fourth-order valence-corrected chi connectivity index (χ4v) is 6.51. The highest BCUT2D eigenvalue weighted by Crippen LogP contribution is 2.46. The summed E-state index contributed by atoms with van der Waals surface area (Å²) >= 11 is 1.35. The fourth-order valence-electron chi connectivity index (χ4n) is 3.50. The van der Waals surface area contributed by atoms with Crippen LogP contribution in [0, 0.1) is 19.3 Å². The van der Waals surface area contributed by atoms with Gasteiger partial charge in [-0.3, -0.25) is 4.79 Å². The third kappa shape index (κ3) is 3.72. The van der Waals surface area contributed by atoms with Crippen LogP contribution < -0.4 is 10.1 Å². The average molecular weight is 438 g/mol. The summed E-state index contributed by atoms with van der Waals surface area (Å²) in [7, 11) is -3.75. The summed E-state index contributed by atoms with van der Waals surface area (Å²) in [6, 6.07) is 14.1. The summed E-state index contributed by atoms with van der Waals surface area (Å²) in [6.07, 6.45) is 5.46. The fraction of sp³-hybridized carbons (Fsp3) is 0.174. The zero-order valence-corrected chi connectivity index (χ0v) is 17.8. The Bertz CT molecular complexity index is 1250. The standard InChI is InChI=1S/C23H19NO4S2/c1-3-11-28-17-9-7-16(8-10-17)19-13-21(25)24-22-20(14-29-23(19)22)30(26,27)18-6-4-5-15(2)12-18/h1,4-10,12,14,19H,11,13H2,2H3,(H,24,25). The van der Waals surface area contributed by atoms with E-state index in [4.69, 9.17) is 11.2 Å². The predicted molar refractivity (Wildman–Crippen MR) is 117 cm³/mol. The van der Waals surface area contributed by atoms with Crippen molar-refractivity contribution in [2.24, 2.45) is 0 Å². The molecular formula is C23H19NO4S2. The minimum atomic E-state index is -3.75. The molecule has 152 valence electrons. The zero-order chi connectivity index (χ0) is 21.3. The van der Waals surface area contributed by atoms with Crippen molar-refractivity contribution in [2.75, 3.05) is 11.9 Å². The van der Waals surface area contributed by atoms with Crippen LogP contribution in [0.1, 0.15) is 28.3 Å². The van der Waals surface area contributed by atoms with Crippen molar-refractivity contribution in [3.8, 4) is 18.1 Å². The van der Waals surface area contributed by atoms with Crippen molar-refractivity contribution in [1.29, 1.82) is 0 Å². The Labute approximate surface area is 179 Å². The van der Waals surface area contributed by atoms with Crippen molar-refractivity contribution in [2.45, 2.75) is 29.1 Å². The number of hydrogen-bond acceptors (Lipinski definition) is 5. The van der Waals surface area contributed by atoms with Gasteiger partial charge < -0.3 is 10.1 Å². The quantitative estimate of drug-likeness (QED) is 0.602. The number of ether oxygens (including phenoxy) is 1. The summed E-state index contributed by atoms with van der Waals surface area (Å²) in [5.74, 6) is 2.63. The number of thiophene rings is 1. The average Bonchev–Trinajstić information content (AvgIpc) is 3.16. The number of carbonyl (C=O) groups is 1. The van der Waals surface area contributed by atoms with Crippen LogP contribution in [-0.2, 0) is 14.6 Å². The molecule has 0 spiro atoms. The molecule has 1 atom stereocenters. The van der Waals surface area contributed by atoms with Crippen LogP contribution in [0.25, 0.3) is 0 Å². The Morgan fingerprint density at radius 2 is 2.00 bits per heavy atom. The third-order valence-electron chi connectivity index (χ3n) is 4.95. The molecule has 3 aromatic rings. The van der Waals surface area contributed by atoms with E-state index in [1.54, 1.807) is 35.7 Å². The summed E-state index contributed by atoms with van der Waals surface area (Å²) in [4.78, 5) is 13.6. The third-order valence-corrected chi connectivity index (χ3v) is 7.97. The SMILES string of the molecule is C#CCOc1ccc(C2CC(=O)Nc3c(S(=O)(=O)c4cccc(C)c4)csc32)cc1. The molecular weight excluding hydrogens is 418 g/mol. The lowest BCUT2D eigenvalue weighted by Gasteiger charge is -2.24. The normalized spacial score (nSPS) is 15.7. The Kier molecular flexibility index (Phi) is 5.37. The Morgan fingerprint density at radius 3 is 2.70 bits per heavy atom. The van der Waals surface area contributed by atoms with Gasteiger partial charge in [0.15, 0.2) is 0 Å². The van der Waals surface area contributed by atoms with Gasteiger partial charge in [0, 0.05) is 22.6 Å². The maximum Gasteiger partial charge on any atom is 0.225 e. The number of sulfone groups is 1. The zero-order valence-electron chi connectivity index (χ0n) is 16.2. The molecule has 0 radical (unpaired) electrons. The topological polar surface area (TPSA) is 72.5 Å². The van der Waals surface area contributed by atoms with Gasteiger partial charge in [-0.1, -0.05) is 30.2 Å². The molecule has 1 amide bonds. The molecule has 0 fully saturated rings. The molecule has 0 saturated carbocycles. The lowest BCUT2D eigenvalue weighted by atomic mass is 9.90. The van der Waals surface area contributed by atoms with Gasteiger partial charge in [-0.15, -0.1) is 17.8 Å². The first-order valence-electron chi connectivity index (χ1n) is 9.29. The molecule has 1 unspecified atom stereocenters. The van der Waals surface area contributed by atoms with Gasteiger partial charge in [0.05, 0.1) is 10.6 Å². The summed E-state index contributed by atoms with van der Waals surface area (Å²) in [6.45, 7) is 2.03. The second-order valence-electron chi connectivity index (χ2n) is 7.03. The Balaban J connectivity index is 1.73. The molecule has 1 aliphatic heterocycles. The van der Waals surface area contributed by atoms with Crippen molar-refractivity contribution in [3.05, 3.63) is 69.9 Å². The molecule has 5 nitrogen and oxygen atoms in total. The van der Waals surface area contributed by atoms with Crippen LogP contribution in [-0.4, -0.2) is 20.9 Å². The highest BCUT2D eigenvalue weighted by molar-refractivity contribution is 7.91. The van der Waals surface area contributed by atoms with Gasteiger partial charge in [0.25, 0.3) is 0 Å². The van der Waals surface area contributed by atoms with Crippen LogP contribution in [0.3, 0.4) is 0 Å². The summed E-state index contributed by atoms with van der Waals surface area (Å²) in [5, 5.41) is 4.40. The van der Waals surface area contributed by atoms with Gasteiger partial charge in [0.1, 0.15) is 17.3 Å². The summed E-state index contributed by atoms with van der Waals surface area (Å²) < 4.78 is 31.9. The lowest BCUT2D eigenvalue weighted by molar-refractivity contribution is -0.116. The van der Waals surface area contributed by atoms with Gasteiger partial charge >= 0.3 is 0 Å². The molecule has 30 heavy (non-hydrogen) atoms. The number of terminal acetylenes is 1. The largest absolute Gasteiger partial charge is 0.481 e. The van der Waals surface area contributed by atoms with E-state index >= 15 is 0 Å². The molecule has 1 aliphatic rings. The number of fused-ring (bicyclic) bond motifs is 1. The number of aryl methyl sites for hydroxylation is 1. The molecule has 0 saturated heterocycles. The molecule has 0 aliphatic carbocycles. The number of anilines is 1. The first-order chi connectivity index (χ1) is 14.4. The molecule has 1 aromatic heterocycles. The minimum absolute atomic E-state index is 0.139. The van der Waals surface area contributed by atoms with Gasteiger partial charge in [-0.25, -0.2) is 8.42 Å². The number of nitrogens with one attached hydrogen (secondary N) is 1. The van der Waals surface area contributed by atoms with E-state index in [1.165, 1.54) is 11.3 Å². The van der Waals surface area contributed by atoms with E-state index in [9.17, 15) is 13.2 Å². The van der Waals surface area contributed by atoms with Crippen molar-refractivity contribution < 1.29 is 17.9 Å². The van der Waals surface area contributed by atoms with E-state index in [0.29, 0.717) is 11.4 Å². The predicted octanol–water partition coefficient (Wildman–Crippen LogP) is 4.38. The van der Waals surface area contributed by atoms with Gasteiger partial charge in [-0.2, -0.15) is 0 Å². The van der Waals surface area contributed by atoms with E-state index < -0.39 is 9.84 Å². The lowest BCUT2D eigenvalue weighted by Crippen LogP contribution is -2.23. The highest BCUT2D eigenvalue weighted by Gasteiger charge is 2.34. The van der Waals surface area contributed by atoms with Crippen LogP contribution in [0.5, 0.6) is 5.75 Å². The Hall–Kier alpha value is -3.08. The second-order valence-corrected chi connectivity index (χ2v) is 9.86. The number of rotatable bonds is 5.